The Bertz CT molecular complexity index is 623. The Kier molecular flexibility index (Phi) is 5.98. The van der Waals surface area contributed by atoms with E-state index in [9.17, 15) is 4.79 Å². The average molecular weight is 336 g/mol. The van der Waals surface area contributed by atoms with Gasteiger partial charge in [-0.15, -0.1) is 0 Å². The minimum Gasteiger partial charge on any atom is -0.303 e. The Hall–Kier alpha value is -2.00. The van der Waals surface area contributed by atoms with Crippen molar-refractivity contribution in [3.8, 4) is 0 Å². The number of benzene rings is 1. The summed E-state index contributed by atoms with van der Waals surface area (Å²) in [5.41, 5.74) is 1.30. The summed E-state index contributed by atoms with van der Waals surface area (Å²) < 4.78 is 0. The lowest BCUT2D eigenvalue weighted by molar-refractivity contribution is -0.123. The fourth-order valence-electron chi connectivity index (χ4n) is 4.01. The molecular formula is C22H28N2O. The number of pyridine rings is 1. The predicted octanol–water partition coefficient (Wildman–Crippen LogP) is 4.22. The molecule has 1 unspecified atom stereocenters. The van der Waals surface area contributed by atoms with Gasteiger partial charge in [0.25, 0.3) is 0 Å². The van der Waals surface area contributed by atoms with E-state index in [0.717, 1.165) is 37.3 Å². The summed E-state index contributed by atoms with van der Waals surface area (Å²) in [6.07, 6.45) is 6.98. The lowest BCUT2D eigenvalue weighted by Crippen LogP contribution is -2.42. The third-order valence-electron chi connectivity index (χ3n) is 5.42. The Morgan fingerprint density at radius 2 is 1.76 bits per heavy atom. The second-order valence-electron chi connectivity index (χ2n) is 6.92. The molecule has 0 spiro atoms. The van der Waals surface area contributed by atoms with Gasteiger partial charge in [-0.05, 0) is 56.6 Å². The lowest BCUT2D eigenvalue weighted by atomic mass is 9.70. The van der Waals surface area contributed by atoms with Crippen LogP contribution in [0, 0.1) is 0 Å². The van der Waals surface area contributed by atoms with E-state index in [1.807, 2.05) is 43.3 Å². The van der Waals surface area contributed by atoms with Gasteiger partial charge in [0.1, 0.15) is 5.78 Å². The summed E-state index contributed by atoms with van der Waals surface area (Å²) in [4.78, 5) is 20.4. The molecule has 0 radical (unpaired) electrons. The molecule has 1 saturated heterocycles. The average Bonchev–Trinajstić information content (AvgIpc) is 2.70. The molecule has 1 aromatic carbocycles. The molecule has 2 heterocycles. The molecule has 0 saturated carbocycles. The van der Waals surface area contributed by atoms with Crippen LogP contribution in [0.4, 0.5) is 0 Å². The molecule has 1 atom stereocenters. The van der Waals surface area contributed by atoms with Gasteiger partial charge in [-0.25, -0.2) is 0 Å². The molecule has 132 valence electrons. The zero-order chi connectivity index (χ0) is 17.5. The summed E-state index contributed by atoms with van der Waals surface area (Å²) in [6, 6.07) is 16.1. The molecule has 1 aromatic heterocycles. The van der Waals surface area contributed by atoms with Gasteiger partial charge in [-0.1, -0.05) is 49.7 Å². The maximum absolute atomic E-state index is 13.2. The zero-order valence-corrected chi connectivity index (χ0v) is 15.2. The molecule has 0 amide bonds. The van der Waals surface area contributed by atoms with Gasteiger partial charge >= 0.3 is 0 Å². The Morgan fingerprint density at radius 1 is 1.04 bits per heavy atom. The van der Waals surface area contributed by atoms with Crippen LogP contribution < -0.4 is 0 Å². The molecule has 0 N–H and O–H groups in total. The molecule has 25 heavy (non-hydrogen) atoms. The number of hydrogen-bond donors (Lipinski definition) is 0. The Balaban J connectivity index is 2.00. The Labute approximate surface area is 151 Å². The minimum absolute atomic E-state index is 0.259. The van der Waals surface area contributed by atoms with Gasteiger partial charge in [0.05, 0.1) is 11.1 Å². The fourth-order valence-corrected chi connectivity index (χ4v) is 4.01. The first-order chi connectivity index (χ1) is 12.3. The van der Waals surface area contributed by atoms with Crippen molar-refractivity contribution in [3.63, 3.8) is 0 Å². The van der Waals surface area contributed by atoms with E-state index in [0.29, 0.717) is 6.42 Å². The van der Waals surface area contributed by atoms with Crippen molar-refractivity contribution in [3.05, 3.63) is 66.0 Å². The van der Waals surface area contributed by atoms with E-state index in [1.165, 1.54) is 19.3 Å². The largest absolute Gasteiger partial charge is 0.303 e. The van der Waals surface area contributed by atoms with Crippen LogP contribution in [0.5, 0.6) is 0 Å². The highest BCUT2D eigenvalue weighted by Gasteiger charge is 2.41. The molecule has 3 rings (SSSR count). The van der Waals surface area contributed by atoms with Crippen LogP contribution in [-0.4, -0.2) is 35.3 Å². The summed E-state index contributed by atoms with van der Waals surface area (Å²) in [7, 11) is 0. The maximum atomic E-state index is 13.2. The molecule has 3 heteroatoms. The summed E-state index contributed by atoms with van der Waals surface area (Å²) in [5.74, 6) is 0.259. The van der Waals surface area contributed by atoms with E-state index in [2.05, 4.69) is 22.0 Å². The predicted molar refractivity (Wildman–Crippen MR) is 102 cm³/mol. The van der Waals surface area contributed by atoms with Crippen LogP contribution in [0.1, 0.15) is 50.3 Å². The van der Waals surface area contributed by atoms with E-state index in [-0.39, 0.29) is 5.78 Å². The van der Waals surface area contributed by atoms with E-state index < -0.39 is 5.41 Å². The molecule has 0 bridgehead atoms. The van der Waals surface area contributed by atoms with Crippen LogP contribution in [0.25, 0.3) is 0 Å². The van der Waals surface area contributed by atoms with E-state index >= 15 is 0 Å². The van der Waals surface area contributed by atoms with Crippen LogP contribution in [0.15, 0.2) is 54.7 Å². The number of hydrogen-bond acceptors (Lipinski definition) is 3. The molecular weight excluding hydrogens is 308 g/mol. The Morgan fingerprint density at radius 3 is 2.40 bits per heavy atom. The van der Waals surface area contributed by atoms with Crippen LogP contribution in [-0.2, 0) is 10.2 Å². The van der Waals surface area contributed by atoms with Crippen LogP contribution >= 0.6 is 0 Å². The molecule has 3 nitrogen and oxygen atoms in total. The number of Topliss-reactive ketones (excluding diaryl/α,β-unsaturated/α-hetero) is 1. The van der Waals surface area contributed by atoms with E-state index in [1.54, 1.807) is 6.20 Å². The minimum atomic E-state index is -0.644. The summed E-state index contributed by atoms with van der Waals surface area (Å²) in [5, 5.41) is 0. The maximum Gasteiger partial charge on any atom is 0.149 e. The monoisotopic (exact) mass is 336 g/mol. The van der Waals surface area contributed by atoms with Crippen molar-refractivity contribution in [2.75, 3.05) is 19.6 Å². The number of aromatic nitrogens is 1. The van der Waals surface area contributed by atoms with Crippen molar-refractivity contribution in [2.45, 2.75) is 44.4 Å². The molecule has 2 aromatic rings. The van der Waals surface area contributed by atoms with Gasteiger partial charge in [0, 0.05) is 12.6 Å². The lowest BCUT2D eigenvalue weighted by Gasteiger charge is -2.35. The number of likely N-dealkylation sites (tertiary alicyclic amines) is 1. The van der Waals surface area contributed by atoms with Gasteiger partial charge in [0.2, 0.25) is 0 Å². The third kappa shape index (κ3) is 3.82. The number of rotatable bonds is 7. The highest BCUT2D eigenvalue weighted by Crippen LogP contribution is 2.37. The number of piperidine rings is 1. The number of nitrogens with zero attached hydrogens (tertiary/aromatic N) is 2. The highest BCUT2D eigenvalue weighted by atomic mass is 16.1. The smallest absolute Gasteiger partial charge is 0.149 e. The van der Waals surface area contributed by atoms with Crippen molar-refractivity contribution in [1.29, 1.82) is 0 Å². The molecule has 1 aliphatic heterocycles. The van der Waals surface area contributed by atoms with Crippen molar-refractivity contribution >= 4 is 5.78 Å². The van der Waals surface area contributed by atoms with Crippen molar-refractivity contribution in [2.24, 2.45) is 0 Å². The highest BCUT2D eigenvalue weighted by molar-refractivity contribution is 5.93. The second-order valence-corrected chi connectivity index (χ2v) is 6.92. The third-order valence-corrected chi connectivity index (χ3v) is 5.42. The SMILES string of the molecule is CCC(=O)C(CCN1CCCCC1)(c1ccccc1)c1ccccn1. The number of ketones is 1. The van der Waals surface area contributed by atoms with Gasteiger partial charge in [-0.3, -0.25) is 9.78 Å². The first-order valence-electron chi connectivity index (χ1n) is 9.50. The van der Waals surface area contributed by atoms with Gasteiger partial charge in [0.15, 0.2) is 0 Å². The standard InChI is InChI=1S/C22H28N2O/c1-2-21(25)22(19-11-5-3-6-12-19,20-13-7-8-15-23-20)14-18-24-16-9-4-10-17-24/h3,5-8,11-13,15H,2,4,9-10,14,16-18H2,1H3. The summed E-state index contributed by atoms with van der Waals surface area (Å²) >= 11 is 0. The summed E-state index contributed by atoms with van der Waals surface area (Å²) in [6.45, 7) is 5.20. The van der Waals surface area contributed by atoms with Crippen LogP contribution in [0.2, 0.25) is 0 Å². The number of carbonyl (C=O) groups is 1. The van der Waals surface area contributed by atoms with Crippen molar-refractivity contribution in [1.82, 2.24) is 9.88 Å². The van der Waals surface area contributed by atoms with Crippen molar-refractivity contribution < 1.29 is 4.79 Å². The topological polar surface area (TPSA) is 33.2 Å². The number of carbonyl (C=O) groups excluding carboxylic acids is 1. The first kappa shape index (κ1) is 17.8. The zero-order valence-electron chi connectivity index (χ0n) is 15.2. The second kappa shape index (κ2) is 8.39. The van der Waals surface area contributed by atoms with Gasteiger partial charge in [-0.2, -0.15) is 0 Å². The van der Waals surface area contributed by atoms with E-state index in [4.69, 9.17) is 0 Å². The quantitative estimate of drug-likeness (QED) is 0.759. The van der Waals surface area contributed by atoms with Crippen LogP contribution in [0.3, 0.4) is 0 Å². The molecule has 1 aliphatic rings. The normalized spacial score (nSPS) is 17.8. The first-order valence-corrected chi connectivity index (χ1v) is 9.50. The van der Waals surface area contributed by atoms with Gasteiger partial charge < -0.3 is 4.90 Å². The molecule has 0 aliphatic carbocycles. The molecule has 1 fully saturated rings. The fraction of sp³-hybridized carbons (Fsp3) is 0.455.